The van der Waals surface area contributed by atoms with Crippen molar-refractivity contribution in [3.63, 3.8) is 0 Å². The molecule has 0 saturated carbocycles. The lowest BCUT2D eigenvalue weighted by atomic mass is 10.2. The molecule has 1 fully saturated rings. The van der Waals surface area contributed by atoms with E-state index in [-0.39, 0.29) is 23.1 Å². The van der Waals surface area contributed by atoms with Crippen LogP contribution in [0.5, 0.6) is 0 Å². The monoisotopic (exact) mass is 313 g/mol. The number of halogens is 1. The maximum absolute atomic E-state index is 13.2. The van der Waals surface area contributed by atoms with Crippen molar-refractivity contribution in [2.24, 2.45) is 0 Å². The number of likely N-dealkylation sites (N-methyl/N-ethyl adjacent to an activating group) is 1. The summed E-state index contributed by atoms with van der Waals surface area (Å²) < 4.78 is 45.3. The van der Waals surface area contributed by atoms with E-state index in [1.54, 1.807) is 6.07 Å². The molecule has 6 nitrogen and oxygen atoms in total. The van der Waals surface area contributed by atoms with Crippen LogP contribution in [0.25, 0.3) is 0 Å². The Kier molecular flexibility index (Phi) is 4.90. The molecule has 1 aliphatic heterocycles. The molecule has 0 radical (unpaired) electrons. The Bertz CT molecular complexity index is 657. The lowest BCUT2D eigenvalue weighted by Gasteiger charge is -2.30. The van der Waals surface area contributed by atoms with E-state index < -0.39 is 15.8 Å². The summed E-state index contributed by atoms with van der Waals surface area (Å²) in [6.07, 6.45) is -0.227. The number of benzene rings is 1. The highest BCUT2D eigenvalue weighted by Gasteiger charge is 2.22. The zero-order valence-electron chi connectivity index (χ0n) is 11.5. The van der Waals surface area contributed by atoms with Gasteiger partial charge in [0.25, 0.3) is 0 Å². The van der Waals surface area contributed by atoms with E-state index in [1.807, 2.05) is 11.9 Å². The summed E-state index contributed by atoms with van der Waals surface area (Å²) >= 11 is 0. The molecular weight excluding hydrogens is 297 g/mol. The van der Waals surface area contributed by atoms with Crippen LogP contribution in [-0.2, 0) is 14.8 Å². The van der Waals surface area contributed by atoms with Gasteiger partial charge in [-0.3, -0.25) is 0 Å². The van der Waals surface area contributed by atoms with Crippen molar-refractivity contribution in [2.75, 3.05) is 33.3 Å². The number of nitrogens with zero attached hydrogens (tertiary/aromatic N) is 2. The summed E-state index contributed by atoms with van der Waals surface area (Å²) in [5.41, 5.74) is -0.300. The summed E-state index contributed by atoms with van der Waals surface area (Å²) in [6.45, 7) is 2.13. The molecule has 1 heterocycles. The van der Waals surface area contributed by atoms with E-state index in [2.05, 4.69) is 4.72 Å². The summed E-state index contributed by atoms with van der Waals surface area (Å²) in [4.78, 5) is 1.92. The average Bonchev–Trinajstić information content (AvgIpc) is 2.46. The second kappa shape index (κ2) is 6.49. The van der Waals surface area contributed by atoms with E-state index >= 15 is 0 Å². The van der Waals surface area contributed by atoms with Crippen molar-refractivity contribution < 1.29 is 17.5 Å². The third-order valence-corrected chi connectivity index (χ3v) is 4.63. The minimum absolute atomic E-state index is 0.131. The Labute approximate surface area is 123 Å². The highest BCUT2D eigenvalue weighted by atomic mass is 32.2. The van der Waals surface area contributed by atoms with Gasteiger partial charge < -0.3 is 9.64 Å². The number of hydrogen-bond acceptors (Lipinski definition) is 5. The molecule has 1 saturated heterocycles. The van der Waals surface area contributed by atoms with Gasteiger partial charge >= 0.3 is 0 Å². The summed E-state index contributed by atoms with van der Waals surface area (Å²) in [6, 6.07) is 4.74. The maximum atomic E-state index is 13.2. The van der Waals surface area contributed by atoms with Crippen LogP contribution in [0, 0.1) is 17.1 Å². The number of morpholine rings is 1. The lowest BCUT2D eigenvalue weighted by Crippen LogP contribution is -2.45. The van der Waals surface area contributed by atoms with Gasteiger partial charge in [-0.1, -0.05) is 0 Å². The van der Waals surface area contributed by atoms with Crippen LogP contribution in [0.1, 0.15) is 5.56 Å². The zero-order chi connectivity index (χ0) is 15.5. The van der Waals surface area contributed by atoms with Crippen LogP contribution in [0.15, 0.2) is 23.1 Å². The highest BCUT2D eigenvalue weighted by molar-refractivity contribution is 7.89. The van der Waals surface area contributed by atoms with Gasteiger partial charge in [-0.05, 0) is 25.2 Å². The van der Waals surface area contributed by atoms with E-state index in [1.165, 1.54) is 0 Å². The first kappa shape index (κ1) is 15.9. The fraction of sp³-hybridized carbons (Fsp3) is 0.462. The van der Waals surface area contributed by atoms with Crippen molar-refractivity contribution in [3.05, 3.63) is 29.6 Å². The fourth-order valence-corrected chi connectivity index (χ4v) is 3.13. The molecule has 1 aromatic carbocycles. The third kappa shape index (κ3) is 3.98. The Morgan fingerprint density at radius 1 is 1.57 bits per heavy atom. The Morgan fingerprint density at radius 3 is 3.00 bits per heavy atom. The summed E-state index contributed by atoms with van der Waals surface area (Å²) in [7, 11) is -1.86. The van der Waals surface area contributed by atoms with Crippen LogP contribution >= 0.6 is 0 Å². The van der Waals surface area contributed by atoms with Gasteiger partial charge in [-0.15, -0.1) is 0 Å². The molecule has 0 amide bonds. The fourth-order valence-electron chi connectivity index (χ4n) is 2.03. The number of nitriles is 1. The van der Waals surface area contributed by atoms with Gasteiger partial charge in [0.15, 0.2) is 0 Å². The van der Waals surface area contributed by atoms with Crippen molar-refractivity contribution in [2.45, 2.75) is 11.0 Å². The van der Waals surface area contributed by atoms with Gasteiger partial charge in [-0.2, -0.15) is 5.26 Å². The minimum atomic E-state index is -3.79. The molecule has 0 aliphatic carbocycles. The topological polar surface area (TPSA) is 82.4 Å². The molecule has 0 spiro atoms. The molecule has 114 valence electrons. The van der Waals surface area contributed by atoms with Crippen LogP contribution in [0.4, 0.5) is 4.39 Å². The number of nitrogens with one attached hydrogen (secondary N) is 1. The molecule has 21 heavy (non-hydrogen) atoms. The second-order valence-corrected chi connectivity index (χ2v) is 6.63. The van der Waals surface area contributed by atoms with E-state index in [0.717, 1.165) is 24.7 Å². The van der Waals surface area contributed by atoms with E-state index in [9.17, 15) is 12.8 Å². The molecule has 0 bridgehead atoms. The molecule has 1 aliphatic rings. The lowest BCUT2D eigenvalue weighted by molar-refractivity contribution is -0.0156. The van der Waals surface area contributed by atoms with E-state index in [4.69, 9.17) is 10.00 Å². The Balaban J connectivity index is 2.06. The maximum Gasteiger partial charge on any atom is 0.240 e. The first-order valence-electron chi connectivity index (χ1n) is 6.42. The molecule has 1 N–H and O–H groups in total. The van der Waals surface area contributed by atoms with Crippen molar-refractivity contribution in [1.29, 1.82) is 5.26 Å². The first-order chi connectivity index (χ1) is 9.92. The SMILES string of the molecule is CN1CCOC(CNS(=O)(=O)c2ccc(F)c(C#N)c2)C1. The molecule has 1 atom stereocenters. The van der Waals surface area contributed by atoms with Crippen LogP contribution < -0.4 is 4.72 Å². The van der Waals surface area contributed by atoms with Gasteiger partial charge in [0, 0.05) is 19.6 Å². The third-order valence-electron chi connectivity index (χ3n) is 3.21. The molecular formula is C13H16FN3O3S. The predicted molar refractivity (Wildman–Crippen MR) is 73.5 cm³/mol. The van der Waals surface area contributed by atoms with Gasteiger partial charge in [0.2, 0.25) is 10.0 Å². The van der Waals surface area contributed by atoms with Gasteiger partial charge in [0.1, 0.15) is 11.9 Å². The largest absolute Gasteiger partial charge is 0.374 e. The normalized spacial score (nSPS) is 20.1. The van der Waals surface area contributed by atoms with E-state index in [0.29, 0.717) is 13.2 Å². The average molecular weight is 313 g/mol. The number of hydrogen-bond donors (Lipinski definition) is 1. The number of rotatable bonds is 4. The van der Waals surface area contributed by atoms with Crippen LogP contribution in [0.3, 0.4) is 0 Å². The molecule has 1 aromatic rings. The Hall–Kier alpha value is -1.53. The summed E-state index contributed by atoms with van der Waals surface area (Å²) in [5, 5.41) is 8.74. The van der Waals surface area contributed by atoms with Gasteiger partial charge in [0.05, 0.1) is 23.2 Å². The van der Waals surface area contributed by atoms with Crippen molar-refractivity contribution >= 4 is 10.0 Å². The predicted octanol–water partition coefficient (Wildman–Crippen LogP) is 0.306. The van der Waals surface area contributed by atoms with Crippen LogP contribution in [-0.4, -0.2) is 52.7 Å². The smallest absolute Gasteiger partial charge is 0.240 e. The van der Waals surface area contributed by atoms with Crippen molar-refractivity contribution in [1.82, 2.24) is 9.62 Å². The van der Waals surface area contributed by atoms with Crippen molar-refractivity contribution in [3.8, 4) is 6.07 Å². The number of sulfonamides is 1. The molecule has 0 aromatic heterocycles. The second-order valence-electron chi connectivity index (χ2n) is 4.86. The minimum Gasteiger partial charge on any atom is -0.374 e. The Morgan fingerprint density at radius 2 is 2.33 bits per heavy atom. The highest BCUT2D eigenvalue weighted by Crippen LogP contribution is 2.14. The molecule has 1 unspecified atom stereocenters. The quantitative estimate of drug-likeness (QED) is 0.865. The number of ether oxygens (including phenoxy) is 1. The molecule has 8 heteroatoms. The standard InChI is InChI=1S/C13H16FN3O3S/c1-17-4-5-20-11(9-17)8-16-21(18,19)12-2-3-13(14)10(6-12)7-15/h2-3,6,11,16H,4-5,8-9H2,1H3. The first-order valence-corrected chi connectivity index (χ1v) is 7.90. The van der Waals surface area contributed by atoms with Gasteiger partial charge in [-0.25, -0.2) is 17.5 Å². The zero-order valence-corrected chi connectivity index (χ0v) is 12.4. The summed E-state index contributed by atoms with van der Waals surface area (Å²) in [5.74, 6) is -0.742. The van der Waals surface area contributed by atoms with Crippen LogP contribution in [0.2, 0.25) is 0 Å². The molecule has 2 rings (SSSR count).